The van der Waals surface area contributed by atoms with E-state index in [1.807, 2.05) is 12.1 Å². The fourth-order valence-corrected chi connectivity index (χ4v) is 1.53. The summed E-state index contributed by atoms with van der Waals surface area (Å²) in [5.41, 5.74) is 6.63. The van der Waals surface area contributed by atoms with Crippen LogP contribution in [0.5, 0.6) is 11.5 Å². The summed E-state index contributed by atoms with van der Waals surface area (Å²) in [6, 6.07) is 5.97. The van der Waals surface area contributed by atoms with Crippen molar-refractivity contribution in [2.45, 2.75) is 12.8 Å². The summed E-state index contributed by atoms with van der Waals surface area (Å²) in [6.45, 7) is 2.16. The topological polar surface area (TPSA) is 44.5 Å². The van der Waals surface area contributed by atoms with Crippen LogP contribution >= 0.6 is 0 Å². The van der Waals surface area contributed by atoms with Gasteiger partial charge in [-0.15, -0.1) is 0 Å². The Bertz CT molecular complexity index is 312. The van der Waals surface area contributed by atoms with Gasteiger partial charge in [0.1, 0.15) is 11.5 Å². The molecule has 0 saturated heterocycles. The molecule has 2 N–H and O–H groups in total. The summed E-state index contributed by atoms with van der Waals surface area (Å²) in [4.78, 5) is 0. The van der Waals surface area contributed by atoms with E-state index >= 15 is 0 Å². The number of fused-ring (bicyclic) bond motifs is 1. The predicted molar refractivity (Wildman–Crippen MR) is 54.8 cm³/mol. The molecule has 0 aromatic heterocycles. The molecule has 0 bridgehead atoms. The molecule has 0 aliphatic carbocycles. The smallest absolute Gasteiger partial charge is 0.122 e. The van der Waals surface area contributed by atoms with Crippen LogP contribution in [0.4, 0.5) is 0 Å². The van der Waals surface area contributed by atoms with Crippen LogP contribution in [0.2, 0.25) is 0 Å². The minimum Gasteiger partial charge on any atom is -0.494 e. The van der Waals surface area contributed by atoms with E-state index < -0.39 is 0 Å². The van der Waals surface area contributed by atoms with E-state index in [9.17, 15) is 0 Å². The predicted octanol–water partition coefficient (Wildman–Crippen LogP) is 1.35. The molecule has 0 amide bonds. The van der Waals surface area contributed by atoms with Gasteiger partial charge in [-0.2, -0.15) is 0 Å². The van der Waals surface area contributed by atoms with Crippen molar-refractivity contribution in [2.75, 3.05) is 19.8 Å². The number of hydrogen-bond acceptors (Lipinski definition) is 3. The summed E-state index contributed by atoms with van der Waals surface area (Å²) in [7, 11) is 0. The molecule has 0 unspecified atom stereocenters. The van der Waals surface area contributed by atoms with Gasteiger partial charge in [0.15, 0.2) is 0 Å². The molecule has 1 heterocycles. The third-order valence-electron chi connectivity index (χ3n) is 2.28. The SMILES string of the molecule is NCCCOc1ccc2c(c1)CCO2. The molecule has 0 atom stereocenters. The van der Waals surface area contributed by atoms with Crippen LogP contribution in [-0.2, 0) is 6.42 Å². The van der Waals surface area contributed by atoms with E-state index in [-0.39, 0.29) is 0 Å². The fraction of sp³-hybridized carbons (Fsp3) is 0.455. The first-order chi connectivity index (χ1) is 6.90. The second kappa shape index (κ2) is 4.33. The summed E-state index contributed by atoms with van der Waals surface area (Å²) in [5.74, 6) is 1.92. The molecule has 1 aromatic carbocycles. The Morgan fingerprint density at radius 3 is 3.21 bits per heavy atom. The zero-order valence-electron chi connectivity index (χ0n) is 8.16. The minimum atomic E-state index is 0.675. The van der Waals surface area contributed by atoms with Crippen LogP contribution in [-0.4, -0.2) is 19.8 Å². The minimum absolute atomic E-state index is 0.675. The maximum atomic E-state index is 5.54. The highest BCUT2D eigenvalue weighted by Crippen LogP contribution is 2.28. The second-order valence-corrected chi connectivity index (χ2v) is 3.36. The Morgan fingerprint density at radius 1 is 1.43 bits per heavy atom. The standard InChI is InChI=1S/C11H15NO2/c12-5-1-6-13-10-2-3-11-9(8-10)4-7-14-11/h2-3,8H,1,4-7,12H2. The number of rotatable bonds is 4. The van der Waals surface area contributed by atoms with Crippen LogP contribution in [0.3, 0.4) is 0 Å². The molecule has 3 nitrogen and oxygen atoms in total. The van der Waals surface area contributed by atoms with Crippen LogP contribution in [0.25, 0.3) is 0 Å². The molecular weight excluding hydrogens is 178 g/mol. The van der Waals surface area contributed by atoms with Crippen molar-refractivity contribution in [3.63, 3.8) is 0 Å². The lowest BCUT2D eigenvalue weighted by molar-refractivity contribution is 0.313. The van der Waals surface area contributed by atoms with Crippen LogP contribution in [0.15, 0.2) is 18.2 Å². The molecule has 1 aliphatic rings. The Hall–Kier alpha value is -1.22. The molecule has 1 aromatic rings. The highest BCUT2D eigenvalue weighted by atomic mass is 16.5. The largest absolute Gasteiger partial charge is 0.494 e. The fourth-order valence-electron chi connectivity index (χ4n) is 1.53. The Labute approximate surface area is 83.8 Å². The molecule has 14 heavy (non-hydrogen) atoms. The van der Waals surface area contributed by atoms with Crippen LogP contribution in [0.1, 0.15) is 12.0 Å². The first-order valence-electron chi connectivity index (χ1n) is 4.99. The van der Waals surface area contributed by atoms with Crippen molar-refractivity contribution >= 4 is 0 Å². The molecule has 0 radical (unpaired) electrons. The molecule has 3 heteroatoms. The van der Waals surface area contributed by atoms with E-state index in [2.05, 4.69) is 6.07 Å². The maximum Gasteiger partial charge on any atom is 0.122 e. The van der Waals surface area contributed by atoms with Crippen molar-refractivity contribution in [3.05, 3.63) is 23.8 Å². The lowest BCUT2D eigenvalue weighted by Gasteiger charge is -2.06. The molecule has 2 rings (SSSR count). The van der Waals surface area contributed by atoms with Crippen LogP contribution in [0, 0.1) is 0 Å². The number of hydrogen-bond donors (Lipinski definition) is 1. The van der Waals surface area contributed by atoms with Gasteiger partial charge in [0.2, 0.25) is 0 Å². The van der Waals surface area contributed by atoms with Gasteiger partial charge >= 0.3 is 0 Å². The number of benzene rings is 1. The van der Waals surface area contributed by atoms with Gasteiger partial charge in [0, 0.05) is 12.0 Å². The van der Waals surface area contributed by atoms with E-state index in [1.165, 1.54) is 5.56 Å². The van der Waals surface area contributed by atoms with Gasteiger partial charge < -0.3 is 15.2 Å². The van der Waals surface area contributed by atoms with Gasteiger partial charge in [-0.3, -0.25) is 0 Å². The van der Waals surface area contributed by atoms with Gasteiger partial charge in [-0.05, 0) is 31.2 Å². The first kappa shape index (κ1) is 9.34. The molecule has 0 fully saturated rings. The quantitative estimate of drug-likeness (QED) is 0.734. The number of nitrogens with two attached hydrogens (primary N) is 1. The lowest BCUT2D eigenvalue weighted by Crippen LogP contribution is -2.06. The maximum absolute atomic E-state index is 5.54. The normalized spacial score (nSPS) is 13.5. The van der Waals surface area contributed by atoms with Crippen molar-refractivity contribution in [2.24, 2.45) is 5.73 Å². The lowest BCUT2D eigenvalue weighted by atomic mass is 10.1. The van der Waals surface area contributed by atoms with E-state index in [0.717, 1.165) is 30.9 Å². The van der Waals surface area contributed by atoms with Gasteiger partial charge in [0.25, 0.3) is 0 Å². The molecule has 1 aliphatic heterocycles. The van der Waals surface area contributed by atoms with Gasteiger partial charge in [-0.25, -0.2) is 0 Å². The first-order valence-corrected chi connectivity index (χ1v) is 4.99. The van der Waals surface area contributed by atoms with E-state index in [1.54, 1.807) is 0 Å². The Morgan fingerprint density at radius 2 is 2.36 bits per heavy atom. The van der Waals surface area contributed by atoms with Gasteiger partial charge in [-0.1, -0.05) is 0 Å². The Kier molecular flexibility index (Phi) is 2.89. The third-order valence-corrected chi connectivity index (χ3v) is 2.28. The second-order valence-electron chi connectivity index (χ2n) is 3.36. The van der Waals surface area contributed by atoms with Crippen LogP contribution < -0.4 is 15.2 Å². The summed E-state index contributed by atoms with van der Waals surface area (Å²) >= 11 is 0. The monoisotopic (exact) mass is 193 g/mol. The molecule has 76 valence electrons. The highest BCUT2D eigenvalue weighted by molar-refractivity contribution is 5.42. The van der Waals surface area contributed by atoms with E-state index in [0.29, 0.717) is 13.2 Å². The molecule has 0 saturated carbocycles. The highest BCUT2D eigenvalue weighted by Gasteiger charge is 2.11. The number of ether oxygens (including phenoxy) is 2. The van der Waals surface area contributed by atoms with E-state index in [4.69, 9.17) is 15.2 Å². The third kappa shape index (κ3) is 1.99. The average Bonchev–Trinajstić information content (AvgIpc) is 2.65. The van der Waals surface area contributed by atoms with Gasteiger partial charge in [0.05, 0.1) is 13.2 Å². The zero-order chi connectivity index (χ0) is 9.80. The average molecular weight is 193 g/mol. The summed E-state index contributed by atoms with van der Waals surface area (Å²) in [5, 5.41) is 0. The van der Waals surface area contributed by atoms with Crippen molar-refractivity contribution < 1.29 is 9.47 Å². The van der Waals surface area contributed by atoms with Crippen molar-refractivity contribution in [1.29, 1.82) is 0 Å². The summed E-state index contributed by atoms with van der Waals surface area (Å²) < 4.78 is 10.9. The zero-order valence-corrected chi connectivity index (χ0v) is 8.16. The Balaban J connectivity index is 1.98. The molecular formula is C11H15NO2. The molecule has 0 spiro atoms. The van der Waals surface area contributed by atoms with Crippen molar-refractivity contribution in [3.8, 4) is 11.5 Å². The van der Waals surface area contributed by atoms with Crippen molar-refractivity contribution in [1.82, 2.24) is 0 Å². The summed E-state index contributed by atoms with van der Waals surface area (Å²) in [6.07, 6.45) is 1.89.